The topological polar surface area (TPSA) is 64.7 Å². The second-order valence-electron chi connectivity index (χ2n) is 6.55. The Kier molecular flexibility index (Phi) is 4.75. The SMILES string of the molecule is O=C(CN1CCN(C2CCCC2)CC1)NC(=O)NC1CC1. The summed E-state index contributed by atoms with van der Waals surface area (Å²) in [4.78, 5) is 28.1. The molecule has 118 valence electrons. The van der Waals surface area contributed by atoms with Gasteiger partial charge in [-0.1, -0.05) is 12.8 Å². The molecule has 0 spiro atoms. The first kappa shape index (κ1) is 14.8. The predicted octanol–water partition coefficient (Wildman–Crippen LogP) is 0.535. The van der Waals surface area contributed by atoms with Gasteiger partial charge in [0.15, 0.2) is 0 Å². The fraction of sp³-hybridized carbons (Fsp3) is 0.867. The lowest BCUT2D eigenvalue weighted by Gasteiger charge is -2.37. The first-order valence-electron chi connectivity index (χ1n) is 8.27. The zero-order valence-corrected chi connectivity index (χ0v) is 12.6. The Labute approximate surface area is 126 Å². The van der Waals surface area contributed by atoms with Gasteiger partial charge in [0.25, 0.3) is 0 Å². The normalized spacial score (nSPS) is 25.0. The van der Waals surface area contributed by atoms with Crippen molar-refractivity contribution < 1.29 is 9.59 Å². The van der Waals surface area contributed by atoms with E-state index in [0.29, 0.717) is 6.54 Å². The van der Waals surface area contributed by atoms with Gasteiger partial charge in [-0.25, -0.2) is 4.79 Å². The second kappa shape index (κ2) is 6.75. The van der Waals surface area contributed by atoms with Crippen LogP contribution in [-0.2, 0) is 4.79 Å². The minimum absolute atomic E-state index is 0.192. The molecule has 3 rings (SSSR count). The molecule has 0 unspecified atom stereocenters. The van der Waals surface area contributed by atoms with Gasteiger partial charge in [0.05, 0.1) is 6.54 Å². The molecule has 6 heteroatoms. The highest BCUT2D eigenvalue weighted by molar-refractivity contribution is 5.95. The molecule has 21 heavy (non-hydrogen) atoms. The number of rotatable bonds is 4. The van der Waals surface area contributed by atoms with E-state index in [0.717, 1.165) is 45.1 Å². The molecule has 3 aliphatic rings. The number of hydrogen-bond acceptors (Lipinski definition) is 4. The summed E-state index contributed by atoms with van der Waals surface area (Å²) in [5.74, 6) is -0.192. The van der Waals surface area contributed by atoms with Crippen LogP contribution in [0.1, 0.15) is 38.5 Å². The van der Waals surface area contributed by atoms with E-state index in [9.17, 15) is 9.59 Å². The molecule has 0 atom stereocenters. The molecule has 3 fully saturated rings. The van der Waals surface area contributed by atoms with Crippen molar-refractivity contribution in [2.45, 2.75) is 50.6 Å². The third-order valence-electron chi connectivity index (χ3n) is 4.78. The molecule has 1 saturated heterocycles. The van der Waals surface area contributed by atoms with Gasteiger partial charge in [0.2, 0.25) is 5.91 Å². The monoisotopic (exact) mass is 294 g/mol. The molecule has 2 saturated carbocycles. The maximum atomic E-state index is 11.8. The van der Waals surface area contributed by atoms with Crippen molar-refractivity contribution in [3.63, 3.8) is 0 Å². The fourth-order valence-corrected chi connectivity index (χ4v) is 3.37. The first-order valence-corrected chi connectivity index (χ1v) is 8.27. The van der Waals surface area contributed by atoms with Crippen LogP contribution in [0, 0.1) is 0 Å². The molecule has 6 nitrogen and oxygen atoms in total. The van der Waals surface area contributed by atoms with E-state index >= 15 is 0 Å². The number of imide groups is 1. The summed E-state index contributed by atoms with van der Waals surface area (Å²) >= 11 is 0. The van der Waals surface area contributed by atoms with Crippen molar-refractivity contribution in [2.75, 3.05) is 32.7 Å². The van der Waals surface area contributed by atoms with E-state index in [1.54, 1.807) is 0 Å². The van der Waals surface area contributed by atoms with Crippen LogP contribution in [0.25, 0.3) is 0 Å². The number of carbonyl (C=O) groups is 2. The molecule has 1 heterocycles. The molecule has 2 aliphatic carbocycles. The van der Waals surface area contributed by atoms with Gasteiger partial charge in [-0.3, -0.25) is 19.9 Å². The lowest BCUT2D eigenvalue weighted by molar-refractivity contribution is -0.121. The molecular formula is C15H26N4O2. The van der Waals surface area contributed by atoms with E-state index in [-0.39, 0.29) is 18.0 Å². The van der Waals surface area contributed by atoms with Gasteiger partial charge in [0.1, 0.15) is 0 Å². The Hall–Kier alpha value is -1.14. The van der Waals surface area contributed by atoms with Gasteiger partial charge in [0, 0.05) is 38.3 Å². The lowest BCUT2D eigenvalue weighted by atomic mass is 10.2. The standard InChI is InChI=1S/C15H26N4O2/c20-14(17-15(21)16-12-5-6-12)11-18-7-9-19(10-8-18)13-3-1-2-4-13/h12-13H,1-11H2,(H2,16,17,20,21). The van der Waals surface area contributed by atoms with Gasteiger partial charge >= 0.3 is 6.03 Å². The minimum Gasteiger partial charge on any atom is -0.335 e. The number of carbonyl (C=O) groups excluding carboxylic acids is 2. The third-order valence-corrected chi connectivity index (χ3v) is 4.78. The summed E-state index contributed by atoms with van der Waals surface area (Å²) in [6.45, 7) is 4.28. The maximum Gasteiger partial charge on any atom is 0.321 e. The first-order chi connectivity index (χ1) is 10.2. The van der Waals surface area contributed by atoms with E-state index in [4.69, 9.17) is 0 Å². The van der Waals surface area contributed by atoms with Crippen LogP contribution >= 0.6 is 0 Å². The molecular weight excluding hydrogens is 268 g/mol. The molecule has 0 aromatic heterocycles. The Bertz CT molecular complexity index is 383. The van der Waals surface area contributed by atoms with Gasteiger partial charge in [-0.15, -0.1) is 0 Å². The van der Waals surface area contributed by atoms with E-state index < -0.39 is 0 Å². The van der Waals surface area contributed by atoms with Crippen LogP contribution in [-0.4, -0.2) is 66.5 Å². The van der Waals surface area contributed by atoms with E-state index in [2.05, 4.69) is 20.4 Å². The summed E-state index contributed by atoms with van der Waals surface area (Å²) in [6.07, 6.45) is 7.46. The Balaban J connectivity index is 1.34. The van der Waals surface area contributed by atoms with Gasteiger partial charge < -0.3 is 5.32 Å². The van der Waals surface area contributed by atoms with Crippen LogP contribution < -0.4 is 10.6 Å². The number of piperazine rings is 1. The molecule has 0 aromatic carbocycles. The van der Waals surface area contributed by atoms with Crippen molar-refractivity contribution >= 4 is 11.9 Å². The zero-order chi connectivity index (χ0) is 14.7. The second-order valence-corrected chi connectivity index (χ2v) is 6.55. The van der Waals surface area contributed by atoms with Crippen molar-refractivity contribution in [3.05, 3.63) is 0 Å². The van der Waals surface area contributed by atoms with Crippen LogP contribution in [0.2, 0.25) is 0 Å². The minimum atomic E-state index is -0.341. The fourth-order valence-electron chi connectivity index (χ4n) is 3.37. The summed E-state index contributed by atoms with van der Waals surface area (Å²) in [7, 11) is 0. The molecule has 0 bridgehead atoms. The highest BCUT2D eigenvalue weighted by Gasteiger charge is 2.27. The van der Waals surface area contributed by atoms with Crippen LogP contribution in [0.5, 0.6) is 0 Å². The van der Waals surface area contributed by atoms with E-state index in [1.165, 1.54) is 25.7 Å². The average molecular weight is 294 g/mol. The highest BCUT2D eigenvalue weighted by atomic mass is 16.2. The van der Waals surface area contributed by atoms with Gasteiger partial charge in [-0.05, 0) is 25.7 Å². The molecule has 0 radical (unpaired) electrons. The number of urea groups is 1. The largest absolute Gasteiger partial charge is 0.335 e. The predicted molar refractivity (Wildman–Crippen MR) is 80.0 cm³/mol. The maximum absolute atomic E-state index is 11.8. The average Bonchev–Trinajstić information content (AvgIpc) is 3.09. The van der Waals surface area contributed by atoms with Crippen LogP contribution in [0.3, 0.4) is 0 Å². The smallest absolute Gasteiger partial charge is 0.321 e. The zero-order valence-electron chi connectivity index (χ0n) is 12.6. The summed E-state index contributed by atoms with van der Waals surface area (Å²) in [6, 6.07) is 0.713. The quantitative estimate of drug-likeness (QED) is 0.794. The Morgan fingerprint density at radius 3 is 2.24 bits per heavy atom. The number of amides is 3. The number of nitrogens with zero attached hydrogens (tertiary/aromatic N) is 2. The summed E-state index contributed by atoms with van der Waals surface area (Å²) in [5.41, 5.74) is 0. The van der Waals surface area contributed by atoms with E-state index in [1.807, 2.05) is 0 Å². The summed E-state index contributed by atoms with van der Waals surface area (Å²) < 4.78 is 0. The number of nitrogens with one attached hydrogen (secondary N) is 2. The van der Waals surface area contributed by atoms with Crippen molar-refractivity contribution in [2.24, 2.45) is 0 Å². The van der Waals surface area contributed by atoms with Crippen LogP contribution in [0.4, 0.5) is 4.79 Å². The highest BCUT2D eigenvalue weighted by Crippen LogP contribution is 2.24. The summed E-state index contributed by atoms with van der Waals surface area (Å²) in [5, 5.41) is 5.19. The molecule has 0 aromatic rings. The molecule has 3 amide bonds. The van der Waals surface area contributed by atoms with Gasteiger partial charge in [-0.2, -0.15) is 0 Å². The van der Waals surface area contributed by atoms with Crippen molar-refractivity contribution in [1.82, 2.24) is 20.4 Å². The molecule has 2 N–H and O–H groups in total. The Morgan fingerprint density at radius 1 is 0.952 bits per heavy atom. The third kappa shape index (κ3) is 4.41. The van der Waals surface area contributed by atoms with Crippen molar-refractivity contribution in [1.29, 1.82) is 0 Å². The number of hydrogen-bond donors (Lipinski definition) is 2. The van der Waals surface area contributed by atoms with Crippen LogP contribution in [0.15, 0.2) is 0 Å². The molecule has 1 aliphatic heterocycles. The van der Waals surface area contributed by atoms with Crippen molar-refractivity contribution in [3.8, 4) is 0 Å². The lowest BCUT2D eigenvalue weighted by Crippen LogP contribution is -2.53. The Morgan fingerprint density at radius 2 is 1.62 bits per heavy atom.